The molecule has 132 valence electrons. The van der Waals surface area contributed by atoms with Gasteiger partial charge in [0.2, 0.25) is 0 Å². The van der Waals surface area contributed by atoms with Crippen molar-refractivity contribution in [3.63, 3.8) is 0 Å². The van der Waals surface area contributed by atoms with E-state index in [9.17, 15) is 0 Å². The number of nitrogens with zero attached hydrogens (tertiary/aromatic N) is 2. The molecule has 25 heavy (non-hydrogen) atoms. The quantitative estimate of drug-likeness (QED) is 0.904. The van der Waals surface area contributed by atoms with Gasteiger partial charge in [0.05, 0.1) is 12.7 Å². The Morgan fingerprint density at radius 3 is 2.36 bits per heavy atom. The fourth-order valence-corrected chi connectivity index (χ4v) is 3.70. The molecule has 4 nitrogen and oxygen atoms in total. The molecule has 1 aliphatic heterocycles. The zero-order chi connectivity index (χ0) is 16.9. The molecule has 0 bridgehead atoms. The molecule has 2 aromatic rings. The predicted molar refractivity (Wildman–Crippen MR) is 102 cm³/mol. The first-order valence-corrected chi connectivity index (χ1v) is 9.51. The maximum absolute atomic E-state index is 5.99. The highest BCUT2D eigenvalue weighted by atomic mass is 16.5. The molecule has 0 amide bonds. The summed E-state index contributed by atoms with van der Waals surface area (Å²) >= 11 is 0. The Bertz CT molecular complexity index is 657. The number of piperazine rings is 1. The van der Waals surface area contributed by atoms with Gasteiger partial charge in [-0.3, -0.25) is 0 Å². The fraction of sp³-hybridized carbons (Fsp3) is 0.476. The fourth-order valence-electron chi connectivity index (χ4n) is 3.70. The zero-order valence-electron chi connectivity index (χ0n) is 14.8. The van der Waals surface area contributed by atoms with E-state index in [1.165, 1.54) is 42.4 Å². The molecule has 1 aliphatic carbocycles. The number of hydrogen-bond donors (Lipinski definition) is 1. The number of nitrogens with one attached hydrogen (secondary N) is 1. The first-order valence-electron chi connectivity index (χ1n) is 9.51. The van der Waals surface area contributed by atoms with Gasteiger partial charge in [-0.15, -0.1) is 0 Å². The first-order chi connectivity index (χ1) is 12.4. The minimum absolute atomic E-state index is 0.474. The second-order valence-electron chi connectivity index (χ2n) is 7.06. The summed E-state index contributed by atoms with van der Waals surface area (Å²) in [7, 11) is 0. The van der Waals surface area contributed by atoms with Crippen LogP contribution in [-0.2, 0) is 11.3 Å². The number of anilines is 1. The van der Waals surface area contributed by atoms with Crippen LogP contribution in [0.2, 0.25) is 0 Å². The lowest BCUT2D eigenvalue weighted by atomic mass is 10.1. The van der Waals surface area contributed by atoms with Gasteiger partial charge in [-0.1, -0.05) is 37.1 Å². The van der Waals surface area contributed by atoms with Crippen molar-refractivity contribution < 1.29 is 4.74 Å². The Kier molecular flexibility index (Phi) is 5.28. The molecule has 1 saturated heterocycles. The lowest BCUT2D eigenvalue weighted by Crippen LogP contribution is -2.43. The van der Waals surface area contributed by atoms with Crippen LogP contribution in [0.1, 0.15) is 31.2 Å². The van der Waals surface area contributed by atoms with E-state index in [1.807, 2.05) is 6.20 Å². The van der Waals surface area contributed by atoms with Gasteiger partial charge in [-0.05, 0) is 36.1 Å². The van der Waals surface area contributed by atoms with Gasteiger partial charge in [-0.2, -0.15) is 0 Å². The molecule has 1 aromatic heterocycles. The second kappa shape index (κ2) is 7.98. The molecule has 1 N–H and O–H groups in total. The van der Waals surface area contributed by atoms with Gasteiger partial charge in [0.25, 0.3) is 0 Å². The number of ether oxygens (including phenoxy) is 1. The summed E-state index contributed by atoms with van der Waals surface area (Å²) in [5.74, 6) is 1.08. The highest BCUT2D eigenvalue weighted by Gasteiger charge is 2.15. The SMILES string of the molecule is c1cc(-c2ccc(N3CCNCC3)nc2)ccc1COC1CCCC1. The molecule has 0 radical (unpaired) electrons. The Morgan fingerprint density at radius 1 is 0.960 bits per heavy atom. The van der Waals surface area contributed by atoms with Crippen molar-refractivity contribution in [2.24, 2.45) is 0 Å². The van der Waals surface area contributed by atoms with Crippen molar-refractivity contribution in [2.45, 2.75) is 38.4 Å². The van der Waals surface area contributed by atoms with Crippen LogP contribution in [0.3, 0.4) is 0 Å². The summed E-state index contributed by atoms with van der Waals surface area (Å²) in [6, 6.07) is 13.0. The largest absolute Gasteiger partial charge is 0.374 e. The van der Waals surface area contributed by atoms with E-state index in [0.717, 1.165) is 38.6 Å². The van der Waals surface area contributed by atoms with Crippen LogP contribution in [0.5, 0.6) is 0 Å². The van der Waals surface area contributed by atoms with Crippen molar-refractivity contribution >= 4 is 5.82 Å². The summed E-state index contributed by atoms with van der Waals surface area (Å²) in [4.78, 5) is 7.00. The molecular formula is C21H27N3O. The molecule has 0 atom stereocenters. The van der Waals surface area contributed by atoms with Gasteiger partial charge in [0, 0.05) is 37.9 Å². The van der Waals surface area contributed by atoms with Crippen molar-refractivity contribution in [3.05, 3.63) is 48.2 Å². The topological polar surface area (TPSA) is 37.4 Å². The monoisotopic (exact) mass is 337 g/mol. The van der Waals surface area contributed by atoms with E-state index in [1.54, 1.807) is 0 Å². The molecular weight excluding hydrogens is 310 g/mol. The molecule has 1 aromatic carbocycles. The number of pyridine rings is 1. The van der Waals surface area contributed by atoms with Crippen LogP contribution in [0.25, 0.3) is 11.1 Å². The zero-order valence-corrected chi connectivity index (χ0v) is 14.8. The van der Waals surface area contributed by atoms with Crippen LogP contribution >= 0.6 is 0 Å². The van der Waals surface area contributed by atoms with Gasteiger partial charge < -0.3 is 15.0 Å². The van der Waals surface area contributed by atoms with E-state index in [0.29, 0.717) is 6.10 Å². The number of hydrogen-bond acceptors (Lipinski definition) is 4. The van der Waals surface area contributed by atoms with Gasteiger partial charge in [0.15, 0.2) is 0 Å². The highest BCUT2D eigenvalue weighted by Crippen LogP contribution is 2.24. The third-order valence-corrected chi connectivity index (χ3v) is 5.26. The van der Waals surface area contributed by atoms with Crippen molar-refractivity contribution in [3.8, 4) is 11.1 Å². The summed E-state index contributed by atoms with van der Waals surface area (Å²) in [5, 5.41) is 3.38. The first kappa shape index (κ1) is 16.6. The summed E-state index contributed by atoms with van der Waals surface area (Å²) in [5.41, 5.74) is 3.63. The van der Waals surface area contributed by atoms with Crippen LogP contribution in [-0.4, -0.2) is 37.3 Å². The van der Waals surface area contributed by atoms with Gasteiger partial charge in [-0.25, -0.2) is 4.98 Å². The molecule has 0 spiro atoms. The minimum atomic E-state index is 0.474. The van der Waals surface area contributed by atoms with E-state index in [2.05, 4.69) is 51.6 Å². The third-order valence-electron chi connectivity index (χ3n) is 5.26. The van der Waals surface area contributed by atoms with E-state index >= 15 is 0 Å². The molecule has 1 saturated carbocycles. The van der Waals surface area contributed by atoms with E-state index in [-0.39, 0.29) is 0 Å². The third kappa shape index (κ3) is 4.20. The van der Waals surface area contributed by atoms with E-state index < -0.39 is 0 Å². The summed E-state index contributed by atoms with van der Waals surface area (Å²) in [6.45, 7) is 4.86. The predicted octanol–water partition coefficient (Wildman–Crippen LogP) is 3.62. The van der Waals surface area contributed by atoms with Crippen LogP contribution < -0.4 is 10.2 Å². The van der Waals surface area contributed by atoms with Crippen LogP contribution in [0.4, 0.5) is 5.82 Å². The van der Waals surface area contributed by atoms with E-state index in [4.69, 9.17) is 4.74 Å². The Hall–Kier alpha value is -1.91. The average Bonchev–Trinajstić information content (AvgIpc) is 3.21. The standard InChI is InChI=1S/C21H27N3O/c1-2-4-20(3-1)25-16-17-5-7-18(8-6-17)19-9-10-21(23-15-19)24-13-11-22-12-14-24/h5-10,15,20,22H,1-4,11-14,16H2. The second-order valence-corrected chi connectivity index (χ2v) is 7.06. The molecule has 4 heteroatoms. The van der Waals surface area contributed by atoms with Crippen molar-refractivity contribution in [1.82, 2.24) is 10.3 Å². The highest BCUT2D eigenvalue weighted by molar-refractivity contribution is 5.64. The normalized spacial score (nSPS) is 18.6. The smallest absolute Gasteiger partial charge is 0.128 e. The number of rotatable bonds is 5. The molecule has 4 rings (SSSR count). The van der Waals surface area contributed by atoms with Crippen molar-refractivity contribution in [2.75, 3.05) is 31.1 Å². The lowest BCUT2D eigenvalue weighted by Gasteiger charge is -2.28. The van der Waals surface area contributed by atoms with Crippen LogP contribution in [0.15, 0.2) is 42.6 Å². The van der Waals surface area contributed by atoms with Gasteiger partial charge in [0.1, 0.15) is 5.82 Å². The Balaban J connectivity index is 1.37. The number of aromatic nitrogens is 1. The summed E-state index contributed by atoms with van der Waals surface area (Å²) < 4.78 is 5.99. The Labute approximate surface area is 150 Å². The van der Waals surface area contributed by atoms with Gasteiger partial charge >= 0.3 is 0 Å². The van der Waals surface area contributed by atoms with Crippen LogP contribution in [0, 0.1) is 0 Å². The van der Waals surface area contributed by atoms with Crippen molar-refractivity contribution in [1.29, 1.82) is 0 Å². The number of benzene rings is 1. The summed E-state index contributed by atoms with van der Waals surface area (Å²) in [6.07, 6.45) is 7.55. The maximum Gasteiger partial charge on any atom is 0.128 e. The molecule has 2 heterocycles. The molecule has 0 unspecified atom stereocenters. The maximum atomic E-state index is 5.99. The molecule has 2 fully saturated rings. The minimum Gasteiger partial charge on any atom is -0.374 e. The molecule has 2 aliphatic rings. The lowest BCUT2D eigenvalue weighted by molar-refractivity contribution is 0.0457. The Morgan fingerprint density at radius 2 is 1.68 bits per heavy atom. The average molecular weight is 337 g/mol.